The van der Waals surface area contributed by atoms with E-state index in [4.69, 9.17) is 0 Å². The second kappa shape index (κ2) is 7.60. The normalized spacial score (nSPS) is 28.0. The third-order valence-corrected chi connectivity index (χ3v) is 2.80. The molecule has 0 bridgehead atoms. The van der Waals surface area contributed by atoms with Crippen molar-refractivity contribution >= 4 is 0 Å². The van der Waals surface area contributed by atoms with Gasteiger partial charge in [0, 0.05) is 0 Å². The summed E-state index contributed by atoms with van der Waals surface area (Å²) in [5, 5.41) is 3.22. The highest BCUT2D eigenvalue weighted by atomic mass is 14.8. The minimum Gasteiger partial charge on any atom is -0.320 e. The molecule has 1 rings (SSSR count). The molecule has 1 saturated carbocycles. The lowest BCUT2D eigenvalue weighted by Crippen LogP contribution is -2.14. The molecular weight excluding hydrogens is 146 g/mol. The molecule has 1 aliphatic rings. The van der Waals surface area contributed by atoms with Gasteiger partial charge in [0.05, 0.1) is 0 Å². The Morgan fingerprint density at radius 1 is 1.25 bits per heavy atom. The summed E-state index contributed by atoms with van der Waals surface area (Å²) in [6.45, 7) is 7.60. The van der Waals surface area contributed by atoms with E-state index in [0.717, 1.165) is 11.8 Å². The van der Waals surface area contributed by atoms with Gasteiger partial charge < -0.3 is 5.32 Å². The van der Waals surface area contributed by atoms with Gasteiger partial charge in [-0.1, -0.05) is 40.0 Å². The number of hydrogen-bond acceptors (Lipinski definition) is 1. The molecule has 2 atom stereocenters. The van der Waals surface area contributed by atoms with Gasteiger partial charge in [0.2, 0.25) is 0 Å². The molecule has 1 N–H and O–H groups in total. The standard InChI is InChI=1S/C9H19N.C2H6/c1-8-4-3-5-9(8)6-7-10-2;1-2/h8-10H,3-7H2,1-2H3;1-2H3/t8-,9-;/m1./s1. The fraction of sp³-hybridized carbons (Fsp3) is 1.00. The lowest BCUT2D eigenvalue weighted by Gasteiger charge is -2.13. The SMILES string of the molecule is CC.CNCC[C@H]1CCC[C@H]1C. The Bertz CT molecular complexity index is 91.0. The zero-order valence-corrected chi connectivity index (χ0v) is 9.19. The van der Waals surface area contributed by atoms with Crippen molar-refractivity contribution in [2.24, 2.45) is 11.8 Å². The smallest absolute Gasteiger partial charge is 0.00492 e. The molecule has 0 heterocycles. The molecule has 1 aliphatic carbocycles. The van der Waals surface area contributed by atoms with Crippen LogP contribution in [0.3, 0.4) is 0 Å². The van der Waals surface area contributed by atoms with E-state index in [-0.39, 0.29) is 0 Å². The van der Waals surface area contributed by atoms with E-state index >= 15 is 0 Å². The topological polar surface area (TPSA) is 12.0 Å². The summed E-state index contributed by atoms with van der Waals surface area (Å²) in [5.74, 6) is 2.01. The lowest BCUT2D eigenvalue weighted by molar-refractivity contribution is 0.387. The molecule has 0 amide bonds. The molecule has 0 saturated heterocycles. The van der Waals surface area contributed by atoms with Gasteiger partial charge in [-0.3, -0.25) is 0 Å². The molecule has 0 aromatic rings. The number of rotatable bonds is 3. The Labute approximate surface area is 77.9 Å². The van der Waals surface area contributed by atoms with Crippen LogP contribution in [0, 0.1) is 11.8 Å². The lowest BCUT2D eigenvalue weighted by atomic mass is 9.95. The van der Waals surface area contributed by atoms with Crippen molar-refractivity contribution in [2.75, 3.05) is 13.6 Å². The van der Waals surface area contributed by atoms with Crippen molar-refractivity contribution in [3.8, 4) is 0 Å². The van der Waals surface area contributed by atoms with E-state index in [1.54, 1.807) is 0 Å². The van der Waals surface area contributed by atoms with Crippen LogP contribution in [0.1, 0.15) is 46.5 Å². The highest BCUT2D eigenvalue weighted by molar-refractivity contribution is 4.74. The molecule has 0 radical (unpaired) electrons. The minimum absolute atomic E-state index is 0.994. The van der Waals surface area contributed by atoms with Gasteiger partial charge >= 0.3 is 0 Å². The number of nitrogens with one attached hydrogen (secondary N) is 1. The van der Waals surface area contributed by atoms with Crippen molar-refractivity contribution in [1.29, 1.82) is 0 Å². The van der Waals surface area contributed by atoms with Crippen LogP contribution in [0.5, 0.6) is 0 Å². The van der Waals surface area contributed by atoms with Crippen molar-refractivity contribution in [2.45, 2.75) is 46.5 Å². The third-order valence-electron chi connectivity index (χ3n) is 2.80. The largest absolute Gasteiger partial charge is 0.320 e. The molecule has 74 valence electrons. The predicted octanol–water partition coefficient (Wildman–Crippen LogP) is 3.06. The third kappa shape index (κ3) is 4.10. The van der Waals surface area contributed by atoms with Crippen molar-refractivity contribution in [1.82, 2.24) is 5.32 Å². The molecular formula is C11H25N. The highest BCUT2D eigenvalue weighted by Crippen LogP contribution is 2.32. The van der Waals surface area contributed by atoms with Crippen LogP contribution in [-0.4, -0.2) is 13.6 Å². The Hall–Kier alpha value is -0.0400. The second-order valence-corrected chi connectivity index (χ2v) is 3.56. The Morgan fingerprint density at radius 3 is 2.33 bits per heavy atom. The van der Waals surface area contributed by atoms with Crippen LogP contribution in [-0.2, 0) is 0 Å². The molecule has 0 spiro atoms. The molecule has 0 aliphatic heterocycles. The van der Waals surface area contributed by atoms with Crippen molar-refractivity contribution in [3.05, 3.63) is 0 Å². The predicted molar refractivity (Wildman–Crippen MR) is 56.4 cm³/mol. The van der Waals surface area contributed by atoms with Crippen LogP contribution < -0.4 is 5.32 Å². The zero-order valence-electron chi connectivity index (χ0n) is 9.19. The van der Waals surface area contributed by atoms with E-state index in [2.05, 4.69) is 12.2 Å². The van der Waals surface area contributed by atoms with Crippen LogP contribution in [0.25, 0.3) is 0 Å². The molecule has 1 heteroatoms. The van der Waals surface area contributed by atoms with E-state index < -0.39 is 0 Å². The van der Waals surface area contributed by atoms with E-state index in [1.807, 2.05) is 20.9 Å². The maximum Gasteiger partial charge on any atom is -0.00492 e. The Kier molecular flexibility index (Phi) is 7.58. The minimum atomic E-state index is 0.994. The van der Waals surface area contributed by atoms with Crippen molar-refractivity contribution < 1.29 is 0 Å². The summed E-state index contributed by atoms with van der Waals surface area (Å²) in [6, 6.07) is 0. The van der Waals surface area contributed by atoms with E-state index in [0.29, 0.717) is 0 Å². The van der Waals surface area contributed by atoms with Gasteiger partial charge in [-0.05, 0) is 31.8 Å². The quantitative estimate of drug-likeness (QED) is 0.688. The van der Waals surface area contributed by atoms with Gasteiger partial charge in [-0.15, -0.1) is 0 Å². The van der Waals surface area contributed by atoms with Crippen LogP contribution >= 0.6 is 0 Å². The van der Waals surface area contributed by atoms with Crippen molar-refractivity contribution in [3.63, 3.8) is 0 Å². The molecule has 0 aromatic carbocycles. The first kappa shape index (κ1) is 12.0. The van der Waals surface area contributed by atoms with Gasteiger partial charge in [0.25, 0.3) is 0 Å². The maximum atomic E-state index is 3.22. The first-order valence-corrected chi connectivity index (χ1v) is 5.49. The van der Waals surface area contributed by atoms with Crippen LogP contribution in [0.4, 0.5) is 0 Å². The molecule has 0 unspecified atom stereocenters. The molecule has 1 nitrogen and oxygen atoms in total. The van der Waals surface area contributed by atoms with Gasteiger partial charge in [-0.2, -0.15) is 0 Å². The van der Waals surface area contributed by atoms with Gasteiger partial charge in [0.1, 0.15) is 0 Å². The summed E-state index contributed by atoms with van der Waals surface area (Å²) >= 11 is 0. The summed E-state index contributed by atoms with van der Waals surface area (Å²) in [5.41, 5.74) is 0. The fourth-order valence-electron chi connectivity index (χ4n) is 1.98. The first-order chi connectivity index (χ1) is 5.84. The first-order valence-electron chi connectivity index (χ1n) is 5.49. The summed E-state index contributed by atoms with van der Waals surface area (Å²) < 4.78 is 0. The van der Waals surface area contributed by atoms with E-state index in [1.165, 1.54) is 32.2 Å². The Balaban J connectivity index is 0.000000561. The second-order valence-electron chi connectivity index (χ2n) is 3.56. The molecule has 0 aromatic heterocycles. The average molecular weight is 171 g/mol. The van der Waals surface area contributed by atoms with Gasteiger partial charge in [0.15, 0.2) is 0 Å². The molecule has 12 heavy (non-hydrogen) atoms. The highest BCUT2D eigenvalue weighted by Gasteiger charge is 2.21. The fourth-order valence-corrected chi connectivity index (χ4v) is 1.98. The zero-order chi connectivity index (χ0) is 9.40. The summed E-state index contributed by atoms with van der Waals surface area (Å²) in [6.07, 6.45) is 5.80. The van der Waals surface area contributed by atoms with Crippen LogP contribution in [0.2, 0.25) is 0 Å². The average Bonchev–Trinajstić information content (AvgIpc) is 2.51. The monoisotopic (exact) mass is 171 g/mol. The van der Waals surface area contributed by atoms with E-state index in [9.17, 15) is 0 Å². The Morgan fingerprint density at radius 2 is 1.92 bits per heavy atom. The van der Waals surface area contributed by atoms with Crippen LogP contribution in [0.15, 0.2) is 0 Å². The van der Waals surface area contributed by atoms with Gasteiger partial charge in [-0.25, -0.2) is 0 Å². The maximum absolute atomic E-state index is 3.22. The summed E-state index contributed by atoms with van der Waals surface area (Å²) in [4.78, 5) is 0. The summed E-state index contributed by atoms with van der Waals surface area (Å²) in [7, 11) is 2.04. The molecule has 1 fully saturated rings. The number of hydrogen-bond donors (Lipinski definition) is 1.